The van der Waals surface area contributed by atoms with Gasteiger partial charge < -0.3 is 57.4 Å². The maximum absolute atomic E-state index is 12.5. The number of carboxylic acid groups (broad SMARTS) is 3. The molecule has 0 aromatic rings. The highest BCUT2D eigenvalue weighted by Crippen LogP contribution is 2.09. The van der Waals surface area contributed by atoms with Crippen LogP contribution in [0.1, 0.15) is 110 Å². The number of aliphatic hydroxyl groups is 2. The van der Waals surface area contributed by atoms with Gasteiger partial charge in [-0.25, -0.2) is 14.4 Å². The molecule has 54 heavy (non-hydrogen) atoms. The molecule has 5 unspecified atom stereocenters. The Morgan fingerprint density at radius 2 is 0.981 bits per heavy atom. The Kier molecular flexibility index (Phi) is 25.4. The lowest BCUT2D eigenvalue weighted by molar-refractivity contribution is -0.143. The summed E-state index contributed by atoms with van der Waals surface area (Å²) in [6.07, 6.45) is 0.130. The second kappa shape index (κ2) is 27.9. The van der Waals surface area contributed by atoms with Crippen LogP contribution in [0.3, 0.4) is 0 Å². The Morgan fingerprint density at radius 1 is 0.519 bits per heavy atom. The van der Waals surface area contributed by atoms with E-state index in [1.807, 2.05) is 0 Å². The first-order valence-corrected chi connectivity index (χ1v) is 18.1. The lowest BCUT2D eigenvalue weighted by Gasteiger charge is -2.22. The van der Waals surface area contributed by atoms with Crippen LogP contribution in [0.5, 0.6) is 0 Å². The number of ketones is 1. The van der Waals surface area contributed by atoms with Crippen molar-refractivity contribution < 1.29 is 68.7 Å². The van der Waals surface area contributed by atoms with Crippen molar-refractivity contribution in [3.63, 3.8) is 0 Å². The Bertz CT molecular complexity index is 1260. The van der Waals surface area contributed by atoms with Gasteiger partial charge in [0, 0.05) is 45.6 Å². The van der Waals surface area contributed by atoms with Gasteiger partial charge in [0.25, 0.3) is 0 Å². The van der Waals surface area contributed by atoms with Gasteiger partial charge >= 0.3 is 17.9 Å². The van der Waals surface area contributed by atoms with Crippen LogP contribution in [0.4, 0.5) is 0 Å². The first-order chi connectivity index (χ1) is 25.4. The normalized spacial score (nSPS) is 13.7. The van der Waals surface area contributed by atoms with Crippen LogP contribution < -0.4 is 31.9 Å². The molecule has 308 valence electrons. The standard InChI is InChI=1S/C34H58N6O14/c1-4-5-6-10-26(42)21(35-3)9-7-8-19-36-27(43)15-11-23(32(49)50)38-29(45)17-13-25(34(53)54)40-30(46)18-14-24(33(51)52)39-28(44)16-12-22(31(47)48)37-20(2)41/h21-25,34-35,53-54H,4-19H2,1-3H3,(H,36,43)(H,37,41)(H,38,45)(H,39,44)(H,40,46)(H,47,48)(H,49,50)(H,51,52). The summed E-state index contributed by atoms with van der Waals surface area (Å²) in [5.41, 5.74) is 0. The largest absolute Gasteiger partial charge is 0.480 e. The van der Waals surface area contributed by atoms with Crippen LogP contribution in [0.2, 0.25) is 0 Å². The van der Waals surface area contributed by atoms with Gasteiger partial charge in [-0.3, -0.25) is 28.8 Å². The second-order valence-electron chi connectivity index (χ2n) is 12.9. The first kappa shape index (κ1) is 49.3. The summed E-state index contributed by atoms with van der Waals surface area (Å²) in [7, 11) is 1.73. The van der Waals surface area contributed by atoms with E-state index < -0.39 is 104 Å². The van der Waals surface area contributed by atoms with Crippen LogP contribution in [0.25, 0.3) is 0 Å². The summed E-state index contributed by atoms with van der Waals surface area (Å²) < 4.78 is 0. The molecule has 0 aliphatic rings. The highest BCUT2D eigenvalue weighted by molar-refractivity contribution is 5.87. The number of hydrogen-bond acceptors (Lipinski definition) is 12. The number of carbonyl (C=O) groups is 9. The van der Waals surface area contributed by atoms with Crippen molar-refractivity contribution in [2.24, 2.45) is 0 Å². The monoisotopic (exact) mass is 774 g/mol. The molecule has 0 heterocycles. The lowest BCUT2D eigenvalue weighted by Crippen LogP contribution is -2.46. The molecule has 20 heteroatoms. The van der Waals surface area contributed by atoms with E-state index >= 15 is 0 Å². The van der Waals surface area contributed by atoms with Crippen molar-refractivity contribution in [3.05, 3.63) is 0 Å². The fourth-order valence-electron chi connectivity index (χ4n) is 5.22. The van der Waals surface area contributed by atoms with Crippen molar-refractivity contribution in [3.8, 4) is 0 Å². The van der Waals surface area contributed by atoms with Gasteiger partial charge in [0.1, 0.15) is 23.9 Å². The number of Topliss-reactive ketones (excluding diaryl/α,β-unsaturated/α-hetero) is 1. The molecule has 0 aromatic heterocycles. The van der Waals surface area contributed by atoms with Gasteiger partial charge in [-0.05, 0) is 58.4 Å². The average Bonchev–Trinajstić information content (AvgIpc) is 3.09. The van der Waals surface area contributed by atoms with Gasteiger partial charge in [-0.15, -0.1) is 0 Å². The molecule has 0 spiro atoms. The van der Waals surface area contributed by atoms with Gasteiger partial charge in [0.2, 0.25) is 29.5 Å². The molecule has 11 N–H and O–H groups in total. The summed E-state index contributed by atoms with van der Waals surface area (Å²) in [5, 5.41) is 62.0. The number of carboxylic acids is 3. The van der Waals surface area contributed by atoms with Crippen LogP contribution in [-0.2, 0) is 43.2 Å². The van der Waals surface area contributed by atoms with Crippen LogP contribution >= 0.6 is 0 Å². The number of hydrogen-bond donors (Lipinski definition) is 11. The van der Waals surface area contributed by atoms with Crippen molar-refractivity contribution >= 4 is 53.2 Å². The topological polar surface area (TPSA) is 327 Å². The fraction of sp³-hybridized carbons (Fsp3) is 0.735. The molecule has 0 aromatic carbocycles. The van der Waals surface area contributed by atoms with Crippen molar-refractivity contribution in [2.75, 3.05) is 13.6 Å². The summed E-state index contributed by atoms with van der Waals surface area (Å²) in [6, 6.07) is -6.05. The number of amides is 5. The third-order valence-corrected chi connectivity index (χ3v) is 8.32. The Hall–Kier alpha value is -4.69. The predicted molar refractivity (Wildman–Crippen MR) is 190 cm³/mol. The predicted octanol–water partition coefficient (Wildman–Crippen LogP) is -1.35. The average molecular weight is 775 g/mol. The number of nitrogens with one attached hydrogen (secondary N) is 6. The summed E-state index contributed by atoms with van der Waals surface area (Å²) in [4.78, 5) is 107. The van der Waals surface area contributed by atoms with Gasteiger partial charge in [0.05, 0.1) is 12.1 Å². The van der Waals surface area contributed by atoms with Crippen LogP contribution in [0, 0.1) is 0 Å². The van der Waals surface area contributed by atoms with Gasteiger partial charge in [0.15, 0.2) is 6.29 Å². The summed E-state index contributed by atoms with van der Waals surface area (Å²) >= 11 is 0. The number of unbranched alkanes of at least 4 members (excludes halogenated alkanes) is 3. The Morgan fingerprint density at radius 3 is 1.43 bits per heavy atom. The van der Waals surface area contributed by atoms with Gasteiger partial charge in [-0.1, -0.05) is 19.8 Å². The molecule has 20 nitrogen and oxygen atoms in total. The number of aliphatic hydroxyl groups excluding tert-OH is 1. The third kappa shape index (κ3) is 23.1. The highest BCUT2D eigenvalue weighted by atomic mass is 16.5. The maximum atomic E-state index is 12.5. The van der Waals surface area contributed by atoms with E-state index in [0.717, 1.165) is 26.2 Å². The zero-order valence-corrected chi connectivity index (χ0v) is 31.2. The number of rotatable bonds is 31. The van der Waals surface area contributed by atoms with Crippen molar-refractivity contribution in [2.45, 2.75) is 147 Å². The molecule has 0 radical (unpaired) electrons. The minimum Gasteiger partial charge on any atom is -0.480 e. The zero-order valence-electron chi connectivity index (χ0n) is 31.2. The fourth-order valence-corrected chi connectivity index (χ4v) is 5.22. The smallest absolute Gasteiger partial charge is 0.326 e. The van der Waals surface area contributed by atoms with Crippen LogP contribution in [0.15, 0.2) is 0 Å². The van der Waals surface area contributed by atoms with E-state index in [9.17, 15) is 63.6 Å². The second-order valence-corrected chi connectivity index (χ2v) is 12.9. The summed E-state index contributed by atoms with van der Waals surface area (Å²) in [6.45, 7) is 3.47. The molecule has 5 amide bonds. The van der Waals surface area contributed by atoms with E-state index in [0.29, 0.717) is 32.2 Å². The van der Waals surface area contributed by atoms with E-state index in [2.05, 4.69) is 38.8 Å². The zero-order chi connectivity index (χ0) is 41.2. The SMILES string of the molecule is CCCCCC(=O)C(CCCCNC(=O)CCC(NC(=O)CCC(NC(=O)CCC(NC(=O)CCC(NC(C)=O)C(=O)O)C(=O)O)C(O)O)C(=O)O)NC. The quantitative estimate of drug-likeness (QED) is 0.0287. The van der Waals surface area contributed by atoms with Gasteiger partial charge in [-0.2, -0.15) is 0 Å². The molecule has 0 saturated carbocycles. The Balaban J connectivity index is 4.75. The minimum atomic E-state index is -2.16. The van der Waals surface area contributed by atoms with Crippen molar-refractivity contribution in [1.29, 1.82) is 0 Å². The first-order valence-electron chi connectivity index (χ1n) is 18.1. The summed E-state index contributed by atoms with van der Waals surface area (Å²) in [5.74, 6) is -7.75. The van der Waals surface area contributed by atoms with Crippen LogP contribution in [-0.4, -0.2) is 129 Å². The molecular formula is C34H58N6O14. The van der Waals surface area contributed by atoms with Crippen molar-refractivity contribution in [1.82, 2.24) is 31.9 Å². The lowest BCUT2D eigenvalue weighted by atomic mass is 10.0. The molecule has 0 rings (SSSR count). The number of carbonyl (C=O) groups excluding carboxylic acids is 6. The van der Waals surface area contributed by atoms with E-state index in [-0.39, 0.29) is 37.5 Å². The molecule has 0 aliphatic heterocycles. The van der Waals surface area contributed by atoms with E-state index in [1.54, 1.807) is 7.05 Å². The maximum Gasteiger partial charge on any atom is 0.326 e. The molecule has 5 atom stereocenters. The molecule has 0 fully saturated rings. The molecule has 0 saturated heterocycles. The molecule has 0 aliphatic carbocycles. The van der Waals surface area contributed by atoms with E-state index in [4.69, 9.17) is 5.11 Å². The third-order valence-electron chi connectivity index (χ3n) is 8.32. The molecular weight excluding hydrogens is 716 g/mol. The minimum absolute atomic E-state index is 0.158. The number of aliphatic carboxylic acids is 3. The molecule has 0 bridgehead atoms. The highest BCUT2D eigenvalue weighted by Gasteiger charge is 2.27. The number of likely N-dealkylation sites (N-methyl/N-ethyl adjacent to an activating group) is 1. The van der Waals surface area contributed by atoms with E-state index in [1.165, 1.54) is 0 Å². The Labute approximate surface area is 314 Å².